The second-order valence-corrected chi connectivity index (χ2v) is 6.79. The molecule has 1 aromatic carbocycles. The van der Waals surface area contributed by atoms with Crippen molar-refractivity contribution in [2.75, 3.05) is 13.2 Å². The molecule has 1 saturated carbocycles. The van der Waals surface area contributed by atoms with Crippen LogP contribution in [0.4, 0.5) is 0 Å². The molecular weight excluding hydrogens is 318 g/mol. The van der Waals surface area contributed by atoms with Gasteiger partial charge in [-0.3, -0.25) is 4.79 Å². The normalized spacial score (nSPS) is 21.7. The Morgan fingerprint density at radius 1 is 1.45 bits per heavy atom. The molecule has 2 rings (SSSR count). The summed E-state index contributed by atoms with van der Waals surface area (Å²) in [5, 5.41) is 3.00. The molecule has 1 aromatic rings. The van der Waals surface area contributed by atoms with E-state index in [-0.39, 0.29) is 5.91 Å². The Bertz CT molecular complexity index is 450. The summed E-state index contributed by atoms with van der Waals surface area (Å²) in [4.78, 5) is 12.4. The van der Waals surface area contributed by atoms with Crippen molar-refractivity contribution in [1.29, 1.82) is 0 Å². The highest BCUT2D eigenvalue weighted by atomic mass is 79.9. The number of ether oxygens (including phenoxy) is 1. The molecule has 2 unspecified atom stereocenters. The molecule has 0 saturated heterocycles. The van der Waals surface area contributed by atoms with Crippen LogP contribution in [0.25, 0.3) is 0 Å². The fourth-order valence-electron chi connectivity index (χ4n) is 2.51. The molecule has 3 nitrogen and oxygen atoms in total. The fraction of sp³-hybridized carbons (Fsp3) is 0.562. The average molecular weight is 340 g/mol. The van der Waals surface area contributed by atoms with Gasteiger partial charge in [0.05, 0.1) is 13.0 Å². The lowest BCUT2D eigenvalue weighted by Crippen LogP contribution is -2.29. The summed E-state index contributed by atoms with van der Waals surface area (Å²) in [6.45, 7) is 3.25. The van der Waals surface area contributed by atoms with Crippen LogP contribution in [-0.4, -0.2) is 23.9 Å². The number of nitrogens with one attached hydrogen (secondary N) is 1. The minimum Gasteiger partial charge on any atom is -0.493 e. The molecule has 1 amide bonds. The summed E-state index contributed by atoms with van der Waals surface area (Å²) >= 11 is 3.63. The van der Waals surface area contributed by atoms with Gasteiger partial charge in [-0.1, -0.05) is 28.1 Å². The van der Waals surface area contributed by atoms with Crippen LogP contribution in [0.3, 0.4) is 0 Å². The van der Waals surface area contributed by atoms with Gasteiger partial charge in [-0.05, 0) is 49.8 Å². The van der Waals surface area contributed by atoms with Crippen molar-refractivity contribution in [1.82, 2.24) is 5.32 Å². The second kappa shape index (κ2) is 7.67. The number of carbonyl (C=O) groups is 1. The van der Waals surface area contributed by atoms with Crippen molar-refractivity contribution in [3.63, 3.8) is 0 Å². The highest BCUT2D eigenvalue weighted by molar-refractivity contribution is 9.09. The molecule has 0 aromatic heterocycles. The van der Waals surface area contributed by atoms with Gasteiger partial charge in [0.2, 0.25) is 5.91 Å². The number of hydrogen-bond acceptors (Lipinski definition) is 2. The van der Waals surface area contributed by atoms with Gasteiger partial charge in [-0.25, -0.2) is 0 Å². The summed E-state index contributed by atoms with van der Waals surface area (Å²) in [5.74, 6) is 1.53. The molecular formula is C16H22BrNO2. The van der Waals surface area contributed by atoms with Crippen molar-refractivity contribution < 1.29 is 9.53 Å². The maximum atomic E-state index is 11.7. The van der Waals surface area contributed by atoms with Crippen LogP contribution in [0.1, 0.15) is 31.2 Å². The van der Waals surface area contributed by atoms with Gasteiger partial charge in [-0.2, -0.15) is 0 Å². The SMILES string of the molecule is Cc1cccc(OCCC(=O)NCC2CCC(Br)C2)c1. The Morgan fingerprint density at radius 2 is 2.30 bits per heavy atom. The Kier molecular flexibility index (Phi) is 5.89. The Hall–Kier alpha value is -1.03. The molecule has 2 atom stereocenters. The maximum absolute atomic E-state index is 11.7. The quantitative estimate of drug-likeness (QED) is 0.806. The lowest BCUT2D eigenvalue weighted by Gasteiger charge is -2.11. The van der Waals surface area contributed by atoms with E-state index in [1.807, 2.05) is 31.2 Å². The summed E-state index contributed by atoms with van der Waals surface area (Å²) in [6, 6.07) is 7.88. The number of rotatable bonds is 6. The van der Waals surface area contributed by atoms with Crippen LogP contribution in [0.15, 0.2) is 24.3 Å². The number of amides is 1. The van der Waals surface area contributed by atoms with E-state index in [1.54, 1.807) is 0 Å². The van der Waals surface area contributed by atoms with E-state index in [0.717, 1.165) is 17.9 Å². The average Bonchev–Trinajstić information content (AvgIpc) is 2.82. The van der Waals surface area contributed by atoms with Crippen LogP contribution in [-0.2, 0) is 4.79 Å². The first kappa shape index (κ1) is 15.4. The fourth-order valence-corrected chi connectivity index (χ4v) is 3.31. The van der Waals surface area contributed by atoms with Crippen molar-refractivity contribution in [3.8, 4) is 5.75 Å². The second-order valence-electron chi connectivity index (χ2n) is 5.50. The summed E-state index contributed by atoms with van der Waals surface area (Å²) < 4.78 is 5.58. The van der Waals surface area contributed by atoms with Gasteiger partial charge >= 0.3 is 0 Å². The smallest absolute Gasteiger partial charge is 0.223 e. The number of hydrogen-bond donors (Lipinski definition) is 1. The number of alkyl halides is 1. The van der Waals surface area contributed by atoms with Gasteiger partial charge in [-0.15, -0.1) is 0 Å². The monoisotopic (exact) mass is 339 g/mol. The van der Waals surface area contributed by atoms with E-state index in [9.17, 15) is 4.79 Å². The molecule has 1 N–H and O–H groups in total. The number of benzene rings is 1. The predicted octanol–water partition coefficient (Wildman–Crippen LogP) is 3.44. The molecule has 0 radical (unpaired) electrons. The van der Waals surface area contributed by atoms with Crippen molar-refractivity contribution >= 4 is 21.8 Å². The first-order chi connectivity index (χ1) is 9.63. The molecule has 0 aliphatic heterocycles. The lowest BCUT2D eigenvalue weighted by molar-refractivity contribution is -0.121. The van der Waals surface area contributed by atoms with Crippen LogP contribution in [0.5, 0.6) is 5.75 Å². The molecule has 0 bridgehead atoms. The van der Waals surface area contributed by atoms with Gasteiger partial charge in [0.15, 0.2) is 0 Å². The van der Waals surface area contributed by atoms with E-state index in [0.29, 0.717) is 23.8 Å². The Balaban J connectivity index is 1.60. The number of aryl methyl sites for hydroxylation is 1. The Morgan fingerprint density at radius 3 is 3.00 bits per heavy atom. The maximum Gasteiger partial charge on any atom is 0.223 e. The minimum absolute atomic E-state index is 0.0793. The van der Waals surface area contributed by atoms with E-state index in [2.05, 4.69) is 21.2 Å². The zero-order valence-electron chi connectivity index (χ0n) is 11.9. The predicted molar refractivity (Wildman–Crippen MR) is 84.4 cm³/mol. The minimum atomic E-state index is 0.0793. The molecule has 110 valence electrons. The van der Waals surface area contributed by atoms with E-state index in [1.165, 1.54) is 19.3 Å². The zero-order chi connectivity index (χ0) is 14.4. The summed E-state index contributed by atoms with van der Waals surface area (Å²) in [5.41, 5.74) is 1.16. The largest absolute Gasteiger partial charge is 0.493 e. The van der Waals surface area contributed by atoms with Gasteiger partial charge in [0.1, 0.15) is 5.75 Å². The van der Waals surface area contributed by atoms with Gasteiger partial charge in [0.25, 0.3) is 0 Å². The third kappa shape index (κ3) is 5.16. The molecule has 1 aliphatic carbocycles. The molecule has 0 spiro atoms. The molecule has 1 aliphatic rings. The first-order valence-electron chi connectivity index (χ1n) is 7.23. The molecule has 0 heterocycles. The topological polar surface area (TPSA) is 38.3 Å². The molecule has 4 heteroatoms. The number of carbonyl (C=O) groups excluding carboxylic acids is 1. The first-order valence-corrected chi connectivity index (χ1v) is 8.15. The molecule has 20 heavy (non-hydrogen) atoms. The van der Waals surface area contributed by atoms with Crippen LogP contribution in [0.2, 0.25) is 0 Å². The van der Waals surface area contributed by atoms with Gasteiger partial charge < -0.3 is 10.1 Å². The third-order valence-electron chi connectivity index (χ3n) is 3.65. The summed E-state index contributed by atoms with van der Waals surface area (Å²) in [6.07, 6.45) is 4.01. The van der Waals surface area contributed by atoms with Gasteiger partial charge in [0, 0.05) is 11.4 Å². The van der Waals surface area contributed by atoms with Crippen LogP contribution in [0, 0.1) is 12.8 Å². The molecule has 1 fully saturated rings. The Labute approximate surface area is 129 Å². The zero-order valence-corrected chi connectivity index (χ0v) is 13.5. The van der Waals surface area contributed by atoms with Crippen molar-refractivity contribution in [2.45, 2.75) is 37.4 Å². The van der Waals surface area contributed by atoms with E-state index >= 15 is 0 Å². The standard InChI is InChI=1S/C16H22BrNO2/c1-12-3-2-4-15(9-12)20-8-7-16(19)18-11-13-5-6-14(17)10-13/h2-4,9,13-14H,5-8,10-11H2,1H3,(H,18,19). The van der Waals surface area contributed by atoms with Crippen LogP contribution < -0.4 is 10.1 Å². The van der Waals surface area contributed by atoms with Crippen LogP contribution >= 0.6 is 15.9 Å². The highest BCUT2D eigenvalue weighted by Gasteiger charge is 2.22. The van der Waals surface area contributed by atoms with E-state index in [4.69, 9.17) is 4.74 Å². The lowest BCUT2D eigenvalue weighted by atomic mass is 10.1. The van der Waals surface area contributed by atoms with Crippen molar-refractivity contribution in [3.05, 3.63) is 29.8 Å². The van der Waals surface area contributed by atoms with E-state index < -0.39 is 0 Å². The summed E-state index contributed by atoms with van der Waals surface area (Å²) in [7, 11) is 0. The number of halogens is 1. The van der Waals surface area contributed by atoms with Crippen molar-refractivity contribution in [2.24, 2.45) is 5.92 Å². The third-order valence-corrected chi connectivity index (χ3v) is 4.48. The highest BCUT2D eigenvalue weighted by Crippen LogP contribution is 2.29.